The second-order valence-electron chi connectivity index (χ2n) is 5.44. The van der Waals surface area contributed by atoms with Crippen molar-refractivity contribution >= 4 is 27.5 Å². The Hall–Kier alpha value is -1.33. The van der Waals surface area contributed by atoms with E-state index in [1.807, 2.05) is 12.1 Å². The Balaban J connectivity index is 2.81. The number of nitrogens with zero attached hydrogens (tertiary/aromatic N) is 1. The van der Waals surface area contributed by atoms with Crippen molar-refractivity contribution in [2.75, 3.05) is 0 Å². The zero-order valence-electron chi connectivity index (χ0n) is 11.3. The van der Waals surface area contributed by atoms with Crippen molar-refractivity contribution < 1.29 is 0 Å². The second kappa shape index (κ2) is 5.22. The maximum Gasteiger partial charge on any atom is 0.330 e. The molecule has 0 aliphatic heterocycles. The van der Waals surface area contributed by atoms with Crippen molar-refractivity contribution in [3.05, 3.63) is 54.7 Å². The lowest BCUT2D eigenvalue weighted by atomic mass is 10.1. The van der Waals surface area contributed by atoms with Gasteiger partial charge in [-0.25, -0.2) is 4.79 Å². The third kappa shape index (κ3) is 2.74. The van der Waals surface area contributed by atoms with E-state index < -0.39 is 16.8 Å². The van der Waals surface area contributed by atoms with E-state index in [-0.39, 0.29) is 5.15 Å². The van der Waals surface area contributed by atoms with Crippen molar-refractivity contribution in [1.29, 1.82) is 0 Å². The van der Waals surface area contributed by atoms with Crippen molar-refractivity contribution in [3.8, 4) is 11.1 Å². The van der Waals surface area contributed by atoms with Gasteiger partial charge in [-0.05, 0) is 38.5 Å². The first kappa shape index (κ1) is 15.1. The van der Waals surface area contributed by atoms with Gasteiger partial charge in [-0.2, -0.15) is 0 Å². The summed E-state index contributed by atoms with van der Waals surface area (Å²) in [5.74, 6) is 0. The lowest BCUT2D eigenvalue weighted by molar-refractivity contribution is 0.367. The van der Waals surface area contributed by atoms with Gasteiger partial charge in [-0.15, -0.1) is 0 Å². The first-order valence-electron chi connectivity index (χ1n) is 6.03. The predicted octanol–water partition coefficient (Wildman–Crippen LogP) is 3.37. The highest BCUT2D eigenvalue weighted by Gasteiger charge is 2.22. The van der Waals surface area contributed by atoms with E-state index >= 15 is 0 Å². The third-order valence-corrected chi connectivity index (χ3v) is 3.67. The molecule has 0 amide bonds. The summed E-state index contributed by atoms with van der Waals surface area (Å²) in [5, 5.41) is 0.0582. The molecule has 0 aliphatic carbocycles. The number of hydrogen-bond acceptors (Lipinski definition) is 2. The molecule has 0 radical (unpaired) electrons. The molecule has 0 atom stereocenters. The molecule has 0 saturated carbocycles. The minimum absolute atomic E-state index is 0.0582. The van der Waals surface area contributed by atoms with E-state index in [0.29, 0.717) is 11.1 Å². The van der Waals surface area contributed by atoms with Gasteiger partial charge >= 0.3 is 5.69 Å². The van der Waals surface area contributed by atoms with Crippen LogP contribution in [0, 0.1) is 0 Å². The van der Waals surface area contributed by atoms with Crippen LogP contribution in [0.1, 0.15) is 20.8 Å². The number of aromatic nitrogens is 2. The molecule has 1 aromatic heterocycles. The minimum atomic E-state index is -0.626. The topological polar surface area (TPSA) is 54.9 Å². The SMILES string of the molecule is CC(C)(C)n1c(=O)[nH]c(Cl)c(-c2ccc(Br)cc2)c1=O. The minimum Gasteiger partial charge on any atom is -0.297 e. The fourth-order valence-corrected chi connectivity index (χ4v) is 2.52. The van der Waals surface area contributed by atoms with Gasteiger partial charge in [0, 0.05) is 10.0 Å². The highest BCUT2D eigenvalue weighted by atomic mass is 79.9. The summed E-state index contributed by atoms with van der Waals surface area (Å²) in [6.07, 6.45) is 0. The summed E-state index contributed by atoms with van der Waals surface area (Å²) >= 11 is 9.39. The number of benzene rings is 1. The molecule has 1 heterocycles. The summed E-state index contributed by atoms with van der Waals surface area (Å²) in [6.45, 7) is 5.38. The Morgan fingerprint density at radius 1 is 1.15 bits per heavy atom. The summed E-state index contributed by atoms with van der Waals surface area (Å²) in [4.78, 5) is 27.1. The number of rotatable bonds is 1. The van der Waals surface area contributed by atoms with Crippen molar-refractivity contribution in [1.82, 2.24) is 9.55 Å². The normalized spacial score (nSPS) is 11.7. The first-order chi connectivity index (χ1) is 9.21. The fourth-order valence-electron chi connectivity index (χ4n) is 1.99. The van der Waals surface area contributed by atoms with E-state index in [0.717, 1.165) is 4.47 Å². The maximum atomic E-state index is 12.6. The molecular formula is C14H14BrClN2O2. The Morgan fingerprint density at radius 2 is 1.70 bits per heavy atom. The molecule has 0 saturated heterocycles. The van der Waals surface area contributed by atoms with Crippen LogP contribution in [0.15, 0.2) is 38.3 Å². The lowest BCUT2D eigenvalue weighted by Gasteiger charge is -2.22. The molecule has 6 heteroatoms. The zero-order chi connectivity index (χ0) is 15.1. The van der Waals surface area contributed by atoms with Crippen molar-refractivity contribution in [3.63, 3.8) is 0 Å². The van der Waals surface area contributed by atoms with Gasteiger partial charge in [0.15, 0.2) is 0 Å². The van der Waals surface area contributed by atoms with Crippen LogP contribution in [0.2, 0.25) is 5.15 Å². The fraction of sp³-hybridized carbons (Fsp3) is 0.286. The predicted molar refractivity (Wildman–Crippen MR) is 84.5 cm³/mol. The van der Waals surface area contributed by atoms with Crippen molar-refractivity contribution in [2.45, 2.75) is 26.3 Å². The van der Waals surface area contributed by atoms with E-state index in [4.69, 9.17) is 11.6 Å². The molecule has 2 aromatic rings. The lowest BCUT2D eigenvalue weighted by Crippen LogP contribution is -2.45. The van der Waals surface area contributed by atoms with Crippen LogP contribution in [0.3, 0.4) is 0 Å². The number of halogens is 2. The molecule has 106 valence electrons. The summed E-state index contributed by atoms with van der Waals surface area (Å²) < 4.78 is 2.08. The molecule has 4 nitrogen and oxygen atoms in total. The molecule has 1 N–H and O–H groups in total. The number of H-pyrrole nitrogens is 1. The number of aromatic amines is 1. The van der Waals surface area contributed by atoms with E-state index in [9.17, 15) is 9.59 Å². The van der Waals surface area contributed by atoms with Gasteiger partial charge in [0.2, 0.25) is 0 Å². The van der Waals surface area contributed by atoms with E-state index in [1.54, 1.807) is 32.9 Å². The van der Waals surface area contributed by atoms with Crippen LogP contribution in [-0.2, 0) is 5.54 Å². The van der Waals surface area contributed by atoms with Gasteiger partial charge in [-0.3, -0.25) is 14.3 Å². The highest BCUT2D eigenvalue weighted by Crippen LogP contribution is 2.24. The number of nitrogens with one attached hydrogen (secondary N) is 1. The molecule has 0 fully saturated rings. The van der Waals surface area contributed by atoms with Gasteiger partial charge in [0.05, 0.1) is 5.56 Å². The van der Waals surface area contributed by atoms with E-state index in [1.165, 1.54) is 4.57 Å². The second-order valence-corrected chi connectivity index (χ2v) is 6.73. The quantitative estimate of drug-likeness (QED) is 0.796. The largest absolute Gasteiger partial charge is 0.330 e. The summed E-state index contributed by atoms with van der Waals surface area (Å²) in [5.41, 5.74) is -0.563. The summed E-state index contributed by atoms with van der Waals surface area (Å²) in [7, 11) is 0. The molecule has 0 spiro atoms. The van der Waals surface area contributed by atoms with Crippen LogP contribution < -0.4 is 11.2 Å². The molecular weight excluding hydrogens is 344 g/mol. The monoisotopic (exact) mass is 356 g/mol. The van der Waals surface area contributed by atoms with Crippen LogP contribution in [0.5, 0.6) is 0 Å². The first-order valence-corrected chi connectivity index (χ1v) is 7.20. The average Bonchev–Trinajstić information content (AvgIpc) is 2.28. The Labute approximate surface area is 129 Å². The highest BCUT2D eigenvalue weighted by molar-refractivity contribution is 9.10. The number of hydrogen-bond donors (Lipinski definition) is 1. The molecule has 1 aromatic carbocycles. The molecule has 20 heavy (non-hydrogen) atoms. The third-order valence-electron chi connectivity index (χ3n) is 2.86. The van der Waals surface area contributed by atoms with E-state index in [2.05, 4.69) is 20.9 Å². The summed E-state index contributed by atoms with van der Waals surface area (Å²) in [6, 6.07) is 7.19. The van der Waals surface area contributed by atoms with Gasteiger partial charge in [0.25, 0.3) is 5.56 Å². The Kier molecular flexibility index (Phi) is 3.93. The van der Waals surface area contributed by atoms with Crippen LogP contribution in [-0.4, -0.2) is 9.55 Å². The average molecular weight is 358 g/mol. The van der Waals surface area contributed by atoms with Crippen LogP contribution >= 0.6 is 27.5 Å². The smallest absolute Gasteiger partial charge is 0.297 e. The van der Waals surface area contributed by atoms with Gasteiger partial charge in [0.1, 0.15) is 5.15 Å². The van der Waals surface area contributed by atoms with Gasteiger partial charge in [-0.1, -0.05) is 39.7 Å². The van der Waals surface area contributed by atoms with Crippen LogP contribution in [0.25, 0.3) is 11.1 Å². The molecule has 2 rings (SSSR count). The van der Waals surface area contributed by atoms with Crippen LogP contribution in [0.4, 0.5) is 0 Å². The van der Waals surface area contributed by atoms with Crippen molar-refractivity contribution in [2.24, 2.45) is 0 Å². The Morgan fingerprint density at radius 3 is 2.20 bits per heavy atom. The standard InChI is InChI=1S/C14H14BrClN2O2/c1-14(2,3)18-12(19)10(11(16)17-13(18)20)8-4-6-9(15)7-5-8/h4-7H,1-3H3,(H,17,20). The molecule has 0 bridgehead atoms. The Bertz CT molecular complexity index is 755. The molecule has 0 unspecified atom stereocenters. The maximum absolute atomic E-state index is 12.6. The molecule has 0 aliphatic rings. The zero-order valence-corrected chi connectivity index (χ0v) is 13.7. The van der Waals surface area contributed by atoms with Gasteiger partial charge < -0.3 is 0 Å².